The summed E-state index contributed by atoms with van der Waals surface area (Å²) in [5.41, 5.74) is 1.34. The molecule has 2 aliphatic rings. The zero-order valence-electron chi connectivity index (χ0n) is 26.3. The van der Waals surface area contributed by atoms with Crippen LogP contribution in [-0.2, 0) is 17.6 Å². The maximum atomic E-state index is 14.5. The van der Waals surface area contributed by atoms with Gasteiger partial charge in [-0.25, -0.2) is 4.98 Å². The molecule has 2 atom stereocenters. The number of nitrogens with one attached hydrogen (secondary N) is 2. The number of aromatic nitrogens is 2. The second-order valence-corrected chi connectivity index (χ2v) is 11.7. The second kappa shape index (κ2) is 14.8. The number of methoxy groups -OCH3 is 1. The fraction of sp³-hybridized carbons (Fsp3) is 0.455. The number of amides is 1. The zero-order valence-corrected chi connectivity index (χ0v) is 26.3. The molecule has 1 saturated carbocycles. The molecule has 246 valence electrons. The van der Waals surface area contributed by atoms with E-state index < -0.39 is 17.8 Å². The minimum Gasteiger partial charge on any atom is -0.495 e. The number of oxime groups is 1. The number of carbonyl (C=O) groups is 1. The minimum atomic E-state index is -4.71. The van der Waals surface area contributed by atoms with Gasteiger partial charge in [0.25, 0.3) is 5.91 Å². The summed E-state index contributed by atoms with van der Waals surface area (Å²) >= 11 is 0. The summed E-state index contributed by atoms with van der Waals surface area (Å²) in [6.45, 7) is 1.94. The quantitative estimate of drug-likeness (QED) is 0.260. The topological polar surface area (TPSA) is 104 Å². The number of piperidine rings is 1. The molecule has 1 aromatic heterocycles. The molecule has 2 aromatic carbocycles. The predicted octanol–water partition coefficient (Wildman–Crippen LogP) is 6.02. The van der Waals surface area contributed by atoms with Gasteiger partial charge in [0, 0.05) is 30.9 Å². The number of hydrogen-bond donors (Lipinski definition) is 2. The first-order valence-electron chi connectivity index (χ1n) is 15.5. The van der Waals surface area contributed by atoms with Crippen LogP contribution in [0.25, 0.3) is 0 Å². The lowest BCUT2D eigenvalue weighted by atomic mass is 9.91. The molecule has 1 aliphatic carbocycles. The summed E-state index contributed by atoms with van der Waals surface area (Å²) in [6.07, 6.45) is 0.887. The number of halogens is 3. The van der Waals surface area contributed by atoms with Gasteiger partial charge in [-0.1, -0.05) is 41.9 Å². The standard InChI is InChI=1S/C33H40F3N7O3/c1-42-17-9-12-24(21-42)38-31(44)23-15-16-27(29(18-23)45-2)39-32-37-19-25(33(34,35)36)30(40-32)43(20-22-10-5-4-6-11-22)28-14-8-7-13-26(28)41-46-3/h4-6,10-11,15-16,18-19,24,28H,7-9,12-14,17,20-21H2,1-3H3,(H,38,44)(H,37,39,40)/b41-26+/t24?,28-/m1/s1. The van der Waals surface area contributed by atoms with Gasteiger partial charge in [-0.3, -0.25) is 4.79 Å². The van der Waals surface area contributed by atoms with Crippen LogP contribution >= 0.6 is 0 Å². The third kappa shape index (κ3) is 8.06. The number of benzene rings is 2. The molecule has 2 fully saturated rings. The molecule has 0 radical (unpaired) electrons. The summed E-state index contributed by atoms with van der Waals surface area (Å²) < 4.78 is 49.1. The van der Waals surface area contributed by atoms with Gasteiger partial charge in [-0.15, -0.1) is 0 Å². The largest absolute Gasteiger partial charge is 0.495 e. The van der Waals surface area contributed by atoms with Crippen LogP contribution in [0.1, 0.15) is 60.0 Å². The van der Waals surface area contributed by atoms with E-state index in [4.69, 9.17) is 9.57 Å². The number of likely N-dealkylation sites (tertiary alicyclic amines) is 1. The highest BCUT2D eigenvalue weighted by Crippen LogP contribution is 2.39. The van der Waals surface area contributed by atoms with Crippen molar-refractivity contribution in [3.8, 4) is 5.75 Å². The molecule has 1 amide bonds. The molecule has 0 spiro atoms. The fourth-order valence-electron chi connectivity index (χ4n) is 6.11. The Balaban J connectivity index is 1.48. The average molecular weight is 640 g/mol. The van der Waals surface area contributed by atoms with Crippen molar-refractivity contribution in [2.75, 3.05) is 44.6 Å². The molecule has 46 heavy (non-hydrogen) atoms. The van der Waals surface area contributed by atoms with Gasteiger partial charge in [0.05, 0.1) is 24.6 Å². The number of ether oxygens (including phenoxy) is 1. The van der Waals surface area contributed by atoms with E-state index in [1.54, 1.807) is 23.1 Å². The van der Waals surface area contributed by atoms with Gasteiger partial charge in [-0.2, -0.15) is 18.2 Å². The Bertz CT molecular complexity index is 1520. The van der Waals surface area contributed by atoms with Gasteiger partial charge in [0.2, 0.25) is 5.95 Å². The van der Waals surface area contributed by atoms with Crippen molar-refractivity contribution in [2.24, 2.45) is 5.16 Å². The lowest BCUT2D eigenvalue weighted by molar-refractivity contribution is -0.137. The maximum absolute atomic E-state index is 14.5. The summed E-state index contributed by atoms with van der Waals surface area (Å²) in [4.78, 5) is 30.5. The molecule has 1 aliphatic heterocycles. The fourth-order valence-corrected chi connectivity index (χ4v) is 6.11. The molecule has 10 nitrogen and oxygen atoms in total. The van der Waals surface area contributed by atoms with Gasteiger partial charge >= 0.3 is 6.18 Å². The van der Waals surface area contributed by atoms with Crippen molar-refractivity contribution in [2.45, 2.75) is 63.3 Å². The third-order valence-electron chi connectivity index (χ3n) is 8.34. The molecule has 1 saturated heterocycles. The van der Waals surface area contributed by atoms with Crippen LogP contribution in [0, 0.1) is 0 Å². The van der Waals surface area contributed by atoms with E-state index in [0.29, 0.717) is 35.6 Å². The molecule has 2 heterocycles. The van der Waals surface area contributed by atoms with Crippen LogP contribution in [0.5, 0.6) is 5.75 Å². The SMILES string of the molecule is CO/N=C1\CCCC[C@H]1N(Cc1ccccc1)c1nc(Nc2ccc(C(=O)NC3CCCN(C)C3)cc2OC)ncc1C(F)(F)F. The monoisotopic (exact) mass is 639 g/mol. The lowest BCUT2D eigenvalue weighted by Crippen LogP contribution is -2.46. The van der Waals surface area contributed by atoms with Crippen molar-refractivity contribution in [3.63, 3.8) is 0 Å². The molecular formula is C33H40F3N7O3. The molecule has 3 aromatic rings. The molecule has 0 bridgehead atoms. The van der Waals surface area contributed by atoms with E-state index in [9.17, 15) is 18.0 Å². The number of carbonyl (C=O) groups excluding carboxylic acids is 1. The Labute approximate surface area is 267 Å². The van der Waals surface area contributed by atoms with E-state index in [-0.39, 0.29) is 30.3 Å². The Hall–Kier alpha value is -4.39. The predicted molar refractivity (Wildman–Crippen MR) is 171 cm³/mol. The molecule has 2 N–H and O–H groups in total. The first-order valence-corrected chi connectivity index (χ1v) is 15.5. The van der Waals surface area contributed by atoms with E-state index in [1.807, 2.05) is 37.4 Å². The van der Waals surface area contributed by atoms with Crippen LogP contribution in [0.2, 0.25) is 0 Å². The first-order chi connectivity index (χ1) is 22.2. The summed E-state index contributed by atoms with van der Waals surface area (Å²) in [6, 6.07) is 13.7. The Kier molecular flexibility index (Phi) is 10.6. The van der Waals surface area contributed by atoms with Crippen LogP contribution in [0.15, 0.2) is 59.9 Å². The van der Waals surface area contributed by atoms with Crippen molar-refractivity contribution >= 4 is 29.1 Å². The Morgan fingerprint density at radius 1 is 1.11 bits per heavy atom. The normalized spacial score (nSPS) is 19.8. The molecular weight excluding hydrogens is 599 g/mol. The Morgan fingerprint density at radius 3 is 2.63 bits per heavy atom. The number of anilines is 3. The summed E-state index contributed by atoms with van der Waals surface area (Å²) in [5, 5.41) is 10.3. The highest BCUT2D eigenvalue weighted by molar-refractivity contribution is 5.95. The number of hydrogen-bond acceptors (Lipinski definition) is 9. The Morgan fingerprint density at radius 2 is 1.91 bits per heavy atom. The zero-order chi connectivity index (χ0) is 32.7. The summed E-state index contributed by atoms with van der Waals surface area (Å²) in [7, 11) is 4.92. The van der Waals surface area contributed by atoms with Crippen molar-refractivity contribution in [3.05, 3.63) is 71.4 Å². The van der Waals surface area contributed by atoms with Crippen LogP contribution in [-0.4, -0.2) is 72.9 Å². The van der Waals surface area contributed by atoms with Crippen LogP contribution in [0.4, 0.5) is 30.6 Å². The molecule has 5 rings (SSSR count). The van der Waals surface area contributed by atoms with Crippen LogP contribution < -0.4 is 20.3 Å². The highest BCUT2D eigenvalue weighted by atomic mass is 19.4. The summed E-state index contributed by atoms with van der Waals surface area (Å²) in [5.74, 6) is -0.225. The smallest absolute Gasteiger partial charge is 0.421 e. The maximum Gasteiger partial charge on any atom is 0.421 e. The van der Waals surface area contributed by atoms with E-state index >= 15 is 0 Å². The third-order valence-corrected chi connectivity index (χ3v) is 8.34. The minimum absolute atomic E-state index is 0.0476. The molecule has 13 heteroatoms. The van der Waals surface area contributed by atoms with Gasteiger partial charge < -0.3 is 30.0 Å². The average Bonchev–Trinajstić information content (AvgIpc) is 3.04. The van der Waals surface area contributed by atoms with E-state index in [1.165, 1.54) is 14.2 Å². The lowest BCUT2D eigenvalue weighted by Gasteiger charge is -2.37. The number of nitrogens with zero attached hydrogens (tertiary/aromatic N) is 5. The van der Waals surface area contributed by atoms with Crippen molar-refractivity contribution < 1.29 is 27.5 Å². The van der Waals surface area contributed by atoms with Crippen molar-refractivity contribution in [1.29, 1.82) is 0 Å². The van der Waals surface area contributed by atoms with E-state index in [0.717, 1.165) is 50.5 Å². The number of alkyl halides is 3. The number of rotatable bonds is 10. The van der Waals surface area contributed by atoms with Gasteiger partial charge in [-0.05, 0) is 69.5 Å². The van der Waals surface area contributed by atoms with Gasteiger partial charge in [0.15, 0.2) is 0 Å². The van der Waals surface area contributed by atoms with Crippen LogP contribution in [0.3, 0.4) is 0 Å². The highest BCUT2D eigenvalue weighted by Gasteiger charge is 2.40. The number of likely N-dealkylation sites (N-methyl/N-ethyl adjacent to an activating group) is 1. The van der Waals surface area contributed by atoms with Crippen molar-refractivity contribution in [1.82, 2.24) is 20.2 Å². The molecule has 1 unspecified atom stereocenters. The second-order valence-electron chi connectivity index (χ2n) is 11.7. The van der Waals surface area contributed by atoms with Gasteiger partial charge in [0.1, 0.15) is 24.2 Å². The van der Waals surface area contributed by atoms with E-state index in [2.05, 4.69) is 30.7 Å². The first kappa shape index (κ1) is 33.0.